The fraction of sp³-hybridized carbons (Fsp3) is 0.385. The molecule has 0 bridgehead atoms. The predicted octanol–water partition coefficient (Wildman–Crippen LogP) is 2.00. The van der Waals surface area contributed by atoms with Crippen molar-refractivity contribution in [1.29, 1.82) is 0 Å². The molecule has 1 atom stereocenters. The van der Waals surface area contributed by atoms with Crippen LogP contribution in [0.2, 0.25) is 0 Å². The molecule has 17 heavy (non-hydrogen) atoms. The zero-order valence-electron chi connectivity index (χ0n) is 10.3. The smallest absolute Gasteiger partial charge is 0.130 e. The van der Waals surface area contributed by atoms with Crippen LogP contribution in [0.1, 0.15) is 30.8 Å². The van der Waals surface area contributed by atoms with Gasteiger partial charge in [-0.1, -0.05) is 13.0 Å². The summed E-state index contributed by atoms with van der Waals surface area (Å²) < 4.78 is 2.19. The molecule has 0 spiro atoms. The third kappa shape index (κ3) is 2.53. The van der Waals surface area contributed by atoms with E-state index in [1.54, 1.807) is 6.20 Å². The Labute approximate surface area is 102 Å². The van der Waals surface area contributed by atoms with E-state index in [4.69, 9.17) is 0 Å². The monoisotopic (exact) mass is 230 g/mol. The number of nitrogens with one attached hydrogen (secondary N) is 1. The molecule has 0 amide bonds. The van der Waals surface area contributed by atoms with Crippen molar-refractivity contribution in [2.75, 3.05) is 7.05 Å². The number of aryl methyl sites for hydroxylation is 1. The molecule has 1 unspecified atom stereocenters. The first-order valence-corrected chi connectivity index (χ1v) is 5.95. The fourth-order valence-corrected chi connectivity index (χ4v) is 2.00. The molecule has 0 aliphatic carbocycles. The minimum atomic E-state index is 0.102. The Morgan fingerprint density at radius 1 is 1.41 bits per heavy atom. The van der Waals surface area contributed by atoms with Crippen molar-refractivity contribution >= 4 is 0 Å². The number of nitrogens with zero attached hydrogens (tertiary/aromatic N) is 3. The quantitative estimate of drug-likeness (QED) is 0.854. The average molecular weight is 230 g/mol. The van der Waals surface area contributed by atoms with Gasteiger partial charge in [-0.3, -0.25) is 4.98 Å². The van der Waals surface area contributed by atoms with Gasteiger partial charge in [0, 0.05) is 31.3 Å². The second kappa shape index (κ2) is 5.59. The lowest BCUT2D eigenvalue weighted by Crippen LogP contribution is -2.22. The second-order valence-electron chi connectivity index (χ2n) is 3.99. The van der Waals surface area contributed by atoms with Gasteiger partial charge in [-0.25, -0.2) is 4.98 Å². The molecule has 0 aliphatic rings. The van der Waals surface area contributed by atoms with Crippen molar-refractivity contribution in [2.45, 2.75) is 25.9 Å². The molecule has 0 saturated heterocycles. The average Bonchev–Trinajstić information content (AvgIpc) is 2.81. The molecule has 2 rings (SSSR count). The Morgan fingerprint density at radius 2 is 2.29 bits per heavy atom. The van der Waals surface area contributed by atoms with Crippen LogP contribution < -0.4 is 5.32 Å². The summed E-state index contributed by atoms with van der Waals surface area (Å²) >= 11 is 0. The standard InChI is InChI=1S/C13H18N4/c1-3-8-17-9-7-16-13(17)12(14-2)11-5-4-6-15-10-11/h4-7,9-10,12,14H,3,8H2,1-2H3. The lowest BCUT2D eigenvalue weighted by Gasteiger charge is -2.17. The molecule has 4 heteroatoms. The van der Waals surface area contributed by atoms with Gasteiger partial charge < -0.3 is 9.88 Å². The fourth-order valence-electron chi connectivity index (χ4n) is 2.00. The number of hydrogen-bond donors (Lipinski definition) is 1. The summed E-state index contributed by atoms with van der Waals surface area (Å²) in [6.45, 7) is 3.16. The van der Waals surface area contributed by atoms with Gasteiger partial charge >= 0.3 is 0 Å². The van der Waals surface area contributed by atoms with Gasteiger partial charge in [0.05, 0.1) is 6.04 Å². The largest absolute Gasteiger partial charge is 0.333 e. The van der Waals surface area contributed by atoms with E-state index in [0.29, 0.717) is 0 Å². The zero-order valence-corrected chi connectivity index (χ0v) is 10.3. The molecule has 0 radical (unpaired) electrons. The SMILES string of the molecule is CCCn1ccnc1C(NC)c1cccnc1. The van der Waals surface area contributed by atoms with E-state index in [9.17, 15) is 0 Å². The minimum absolute atomic E-state index is 0.102. The van der Waals surface area contributed by atoms with Gasteiger partial charge in [0.15, 0.2) is 0 Å². The lowest BCUT2D eigenvalue weighted by atomic mass is 10.1. The maximum atomic E-state index is 4.46. The summed E-state index contributed by atoms with van der Waals surface area (Å²) in [5.41, 5.74) is 1.14. The third-order valence-electron chi connectivity index (χ3n) is 2.78. The predicted molar refractivity (Wildman–Crippen MR) is 67.7 cm³/mol. The summed E-state index contributed by atoms with van der Waals surface area (Å²) in [5.74, 6) is 1.04. The van der Waals surface area contributed by atoms with Gasteiger partial charge in [0.25, 0.3) is 0 Å². The van der Waals surface area contributed by atoms with Crippen LogP contribution in [0, 0.1) is 0 Å². The number of aromatic nitrogens is 3. The van der Waals surface area contributed by atoms with Crippen LogP contribution in [0.5, 0.6) is 0 Å². The molecule has 0 fully saturated rings. The Hall–Kier alpha value is -1.68. The van der Waals surface area contributed by atoms with E-state index in [1.807, 2.05) is 31.7 Å². The van der Waals surface area contributed by atoms with E-state index in [2.05, 4.69) is 32.8 Å². The molecule has 0 aromatic carbocycles. The normalized spacial score (nSPS) is 12.6. The summed E-state index contributed by atoms with van der Waals surface area (Å²) in [6, 6.07) is 4.12. The maximum Gasteiger partial charge on any atom is 0.130 e. The van der Waals surface area contributed by atoms with Gasteiger partial charge in [0.2, 0.25) is 0 Å². The summed E-state index contributed by atoms with van der Waals surface area (Å²) in [7, 11) is 1.95. The Bertz CT molecular complexity index is 449. The summed E-state index contributed by atoms with van der Waals surface area (Å²) in [4.78, 5) is 8.62. The molecule has 2 aromatic rings. The van der Waals surface area contributed by atoms with E-state index in [0.717, 1.165) is 24.4 Å². The highest BCUT2D eigenvalue weighted by molar-refractivity contribution is 5.21. The molecule has 0 aliphatic heterocycles. The molecule has 1 N–H and O–H groups in total. The Kier molecular flexibility index (Phi) is 3.88. The Morgan fingerprint density at radius 3 is 2.94 bits per heavy atom. The highest BCUT2D eigenvalue weighted by Crippen LogP contribution is 2.19. The molecule has 2 heterocycles. The molecule has 4 nitrogen and oxygen atoms in total. The third-order valence-corrected chi connectivity index (χ3v) is 2.78. The van der Waals surface area contributed by atoms with Crippen LogP contribution in [-0.2, 0) is 6.54 Å². The first-order valence-electron chi connectivity index (χ1n) is 5.95. The van der Waals surface area contributed by atoms with Crippen LogP contribution in [0.4, 0.5) is 0 Å². The van der Waals surface area contributed by atoms with Crippen LogP contribution >= 0.6 is 0 Å². The molecule has 2 aromatic heterocycles. The van der Waals surface area contributed by atoms with Gasteiger partial charge in [-0.2, -0.15) is 0 Å². The van der Waals surface area contributed by atoms with Crippen LogP contribution in [-0.4, -0.2) is 21.6 Å². The first kappa shape index (κ1) is 11.8. The van der Waals surface area contributed by atoms with Crippen LogP contribution in [0.25, 0.3) is 0 Å². The molecular formula is C13H18N4. The van der Waals surface area contributed by atoms with Crippen molar-refractivity contribution < 1.29 is 0 Å². The van der Waals surface area contributed by atoms with Gasteiger partial charge in [-0.15, -0.1) is 0 Å². The number of pyridine rings is 1. The number of rotatable bonds is 5. The number of imidazole rings is 1. The van der Waals surface area contributed by atoms with Crippen LogP contribution in [0.15, 0.2) is 36.9 Å². The van der Waals surface area contributed by atoms with Crippen molar-refractivity contribution in [3.05, 3.63) is 48.3 Å². The van der Waals surface area contributed by atoms with Crippen molar-refractivity contribution in [3.63, 3.8) is 0 Å². The molecular weight excluding hydrogens is 212 g/mol. The molecule has 0 saturated carbocycles. The topological polar surface area (TPSA) is 42.7 Å². The summed E-state index contributed by atoms with van der Waals surface area (Å²) in [5, 5.41) is 3.30. The highest BCUT2D eigenvalue weighted by Gasteiger charge is 2.16. The van der Waals surface area contributed by atoms with Gasteiger partial charge in [-0.05, 0) is 25.1 Å². The zero-order chi connectivity index (χ0) is 12.1. The lowest BCUT2D eigenvalue weighted by molar-refractivity contribution is 0.567. The summed E-state index contributed by atoms with van der Waals surface area (Å²) in [6.07, 6.45) is 8.65. The number of hydrogen-bond acceptors (Lipinski definition) is 3. The Balaban J connectivity index is 2.32. The van der Waals surface area contributed by atoms with E-state index in [1.165, 1.54) is 0 Å². The molecule has 90 valence electrons. The maximum absolute atomic E-state index is 4.46. The van der Waals surface area contributed by atoms with Gasteiger partial charge in [0.1, 0.15) is 5.82 Å². The second-order valence-corrected chi connectivity index (χ2v) is 3.99. The highest BCUT2D eigenvalue weighted by atomic mass is 15.1. The van der Waals surface area contributed by atoms with E-state index >= 15 is 0 Å². The first-order chi connectivity index (χ1) is 8.36. The van der Waals surface area contributed by atoms with E-state index in [-0.39, 0.29) is 6.04 Å². The van der Waals surface area contributed by atoms with Crippen molar-refractivity contribution in [1.82, 2.24) is 19.9 Å². The minimum Gasteiger partial charge on any atom is -0.333 e. The van der Waals surface area contributed by atoms with E-state index < -0.39 is 0 Å². The van der Waals surface area contributed by atoms with Crippen LogP contribution in [0.3, 0.4) is 0 Å². The van der Waals surface area contributed by atoms with Crippen molar-refractivity contribution in [3.8, 4) is 0 Å². The van der Waals surface area contributed by atoms with Crippen molar-refractivity contribution in [2.24, 2.45) is 0 Å².